The second-order valence-electron chi connectivity index (χ2n) is 0.236. The van der Waals surface area contributed by atoms with Gasteiger partial charge in [-0.05, 0) is 0 Å². The van der Waals surface area contributed by atoms with Gasteiger partial charge in [0.1, 0.15) is 7.85 Å². The number of rotatable bonds is 0. The molecule has 0 nitrogen and oxygen atoms in total. The predicted molar refractivity (Wildman–Crippen MR) is 23.2 cm³/mol. The fourth-order valence-electron chi connectivity index (χ4n) is 0. The van der Waals surface area contributed by atoms with Gasteiger partial charge in [0, 0.05) is 0 Å². The molecule has 2 heteroatoms. The van der Waals surface area contributed by atoms with Gasteiger partial charge in [-0.15, -0.1) is 25.0 Å². The van der Waals surface area contributed by atoms with Crippen LogP contribution in [0, 0.1) is 0 Å². The summed E-state index contributed by atoms with van der Waals surface area (Å²) in [5, 5.41) is 0. The molecule has 0 aromatic carbocycles. The molecule has 0 aliphatic heterocycles. The maximum Gasteiger partial charge on any atom is 0.102 e. The molecule has 0 unspecified atom stereocenters. The Bertz CT molecular complexity index is 13.5. The van der Waals surface area contributed by atoms with E-state index >= 15 is 0 Å². The number of halogens is 1. The summed E-state index contributed by atoms with van der Waals surface area (Å²) in [5.41, 5.74) is 0. The van der Waals surface area contributed by atoms with E-state index < -0.39 is 0 Å². The van der Waals surface area contributed by atoms with Crippen molar-refractivity contribution in [1.29, 1.82) is 0 Å². The second kappa shape index (κ2) is 11.3. The molecule has 0 aromatic rings. The highest BCUT2D eigenvalue weighted by Gasteiger charge is 1.18. The summed E-state index contributed by atoms with van der Waals surface area (Å²) in [6, 6.07) is 0. The van der Waals surface area contributed by atoms with E-state index in [-0.39, 0.29) is 12.4 Å². The van der Waals surface area contributed by atoms with E-state index in [1.54, 1.807) is 0 Å². The average Bonchev–Trinajstić information content (AvgIpc) is 0.918. The van der Waals surface area contributed by atoms with Gasteiger partial charge in [0.15, 0.2) is 0 Å². The molecule has 0 saturated carbocycles. The summed E-state index contributed by atoms with van der Waals surface area (Å²) in [6.45, 7) is 3.14. The minimum atomic E-state index is 0. The van der Waals surface area contributed by atoms with Crippen LogP contribution in [0.2, 0.25) is 0 Å². The summed E-state index contributed by atoms with van der Waals surface area (Å²) in [4.78, 5) is 0. The first-order chi connectivity index (χ1) is 1.41. The maximum atomic E-state index is 4.61. The molecule has 0 aromatic heterocycles. The lowest BCUT2D eigenvalue weighted by molar-refractivity contribution is 2.63. The van der Waals surface area contributed by atoms with Crippen LogP contribution in [0.1, 0.15) is 0 Å². The first kappa shape index (κ1) is 8.94. The molecule has 0 rings (SSSR count). The first-order valence-corrected chi connectivity index (χ1v) is 0.742. The fraction of sp³-hybridized carbons (Fsp3) is 0. The summed E-state index contributed by atoms with van der Waals surface area (Å²) in [6.07, 6.45) is 0. The lowest BCUT2D eigenvalue weighted by Gasteiger charge is -1.29. The zero-order chi connectivity index (χ0) is 2.71. The van der Waals surface area contributed by atoms with E-state index in [1.807, 2.05) is 0 Å². The van der Waals surface area contributed by atoms with Crippen LogP contribution in [0.25, 0.3) is 0 Å². The van der Waals surface area contributed by atoms with Gasteiger partial charge in [-0.25, -0.2) is 0 Å². The lowest BCUT2D eigenvalue weighted by Crippen LogP contribution is -1.29. The summed E-state index contributed by atoms with van der Waals surface area (Å²) < 4.78 is 0. The van der Waals surface area contributed by atoms with E-state index in [2.05, 4.69) is 14.4 Å². The monoisotopic (exact) mass is 74.0 g/mol. The molecule has 2 radical (unpaired) electrons. The summed E-state index contributed by atoms with van der Waals surface area (Å²) >= 11 is 0. The highest BCUT2D eigenvalue weighted by atomic mass is 35.5. The Morgan fingerprint density at radius 2 is 1.75 bits per heavy atom. The molecule has 0 atom stereocenters. The smallest absolute Gasteiger partial charge is 0.102 e. The first-order valence-electron chi connectivity index (χ1n) is 0.742. The maximum absolute atomic E-state index is 4.61. The van der Waals surface area contributed by atoms with Gasteiger partial charge in [-0.1, -0.05) is 0 Å². The Kier molecular flexibility index (Phi) is 25.3. The molecule has 0 bridgehead atoms. The summed E-state index contributed by atoms with van der Waals surface area (Å²) in [7, 11) is 4.61. The second-order valence-corrected chi connectivity index (χ2v) is 0.236. The predicted octanol–water partition coefficient (Wildman–Crippen LogP) is 0.720. The van der Waals surface area contributed by atoms with Crippen molar-refractivity contribution >= 4 is 20.3 Å². The van der Waals surface area contributed by atoms with Crippen molar-refractivity contribution < 1.29 is 0 Å². The quantitative estimate of drug-likeness (QED) is 0.371. The Hall–Kier alpha value is 0.0949. The standard InChI is InChI=1S/C2H3B.ClH/c1-2-3;/h2H,1H2;1H. The van der Waals surface area contributed by atoms with E-state index in [9.17, 15) is 0 Å². The third-order valence-electron chi connectivity index (χ3n) is 0. The third kappa shape index (κ3) is 279. The van der Waals surface area contributed by atoms with Crippen LogP contribution in [0.3, 0.4) is 0 Å². The van der Waals surface area contributed by atoms with Crippen molar-refractivity contribution in [2.45, 2.75) is 0 Å². The number of hydrogen-bond donors (Lipinski definition) is 0. The molecule has 0 aliphatic rings. The summed E-state index contributed by atoms with van der Waals surface area (Å²) in [5.74, 6) is 1.25. The Labute approximate surface area is 33.7 Å². The van der Waals surface area contributed by atoms with E-state index in [1.165, 1.54) is 5.98 Å². The van der Waals surface area contributed by atoms with Crippen molar-refractivity contribution in [1.82, 2.24) is 0 Å². The van der Waals surface area contributed by atoms with Gasteiger partial charge >= 0.3 is 0 Å². The molecule has 0 aliphatic carbocycles. The lowest BCUT2D eigenvalue weighted by atomic mass is 10.2. The van der Waals surface area contributed by atoms with Gasteiger partial charge in [-0.2, -0.15) is 0 Å². The van der Waals surface area contributed by atoms with Crippen LogP contribution in [0.4, 0.5) is 0 Å². The van der Waals surface area contributed by atoms with Gasteiger partial charge in [0.25, 0.3) is 0 Å². The van der Waals surface area contributed by atoms with Crippen molar-refractivity contribution in [2.24, 2.45) is 0 Å². The van der Waals surface area contributed by atoms with Crippen molar-refractivity contribution in [2.75, 3.05) is 0 Å². The van der Waals surface area contributed by atoms with Crippen LogP contribution < -0.4 is 0 Å². The van der Waals surface area contributed by atoms with Crippen LogP contribution in [0.15, 0.2) is 12.6 Å². The third-order valence-corrected chi connectivity index (χ3v) is 0. The fourth-order valence-corrected chi connectivity index (χ4v) is 0. The normalized spacial score (nSPS) is 3.00. The molecule has 22 valence electrons. The van der Waals surface area contributed by atoms with Crippen LogP contribution in [0.5, 0.6) is 0 Å². The van der Waals surface area contributed by atoms with Crippen LogP contribution in [-0.2, 0) is 0 Å². The number of hydrogen-bond acceptors (Lipinski definition) is 0. The SMILES string of the molecule is Cl.[B]C=C. The van der Waals surface area contributed by atoms with Gasteiger partial charge in [0.2, 0.25) is 0 Å². The van der Waals surface area contributed by atoms with Crippen molar-refractivity contribution in [3.8, 4) is 0 Å². The van der Waals surface area contributed by atoms with E-state index in [0.29, 0.717) is 0 Å². The zero-order valence-corrected chi connectivity index (χ0v) is 3.09. The minimum absolute atomic E-state index is 0. The molecule has 0 amide bonds. The largest absolute Gasteiger partial charge is 0.147 e. The average molecular weight is 74.3 g/mol. The van der Waals surface area contributed by atoms with Crippen molar-refractivity contribution in [3.63, 3.8) is 0 Å². The van der Waals surface area contributed by atoms with E-state index in [0.717, 1.165) is 0 Å². The molecular weight excluding hydrogens is 70.3 g/mol. The topological polar surface area (TPSA) is 0 Å². The Morgan fingerprint density at radius 1 is 1.75 bits per heavy atom. The van der Waals surface area contributed by atoms with Gasteiger partial charge in [0.05, 0.1) is 0 Å². The highest BCUT2D eigenvalue weighted by Crippen LogP contribution is 1.24. The Balaban J connectivity index is 0. The molecule has 0 heterocycles. The Morgan fingerprint density at radius 3 is 1.75 bits per heavy atom. The molecule has 0 spiro atoms. The van der Waals surface area contributed by atoms with Gasteiger partial charge in [-0.3, -0.25) is 0 Å². The molecule has 0 N–H and O–H groups in total. The molecular formula is C2H4BCl. The van der Waals surface area contributed by atoms with Crippen LogP contribution in [-0.4, -0.2) is 7.85 Å². The van der Waals surface area contributed by atoms with E-state index in [4.69, 9.17) is 0 Å². The molecule has 4 heavy (non-hydrogen) atoms. The van der Waals surface area contributed by atoms with Crippen molar-refractivity contribution in [3.05, 3.63) is 12.6 Å². The molecule has 0 fully saturated rings. The van der Waals surface area contributed by atoms with Gasteiger partial charge < -0.3 is 0 Å². The van der Waals surface area contributed by atoms with Crippen LogP contribution >= 0.6 is 12.4 Å². The molecule has 0 saturated heterocycles. The zero-order valence-electron chi connectivity index (χ0n) is 2.27. The highest BCUT2D eigenvalue weighted by molar-refractivity contribution is 6.16. The minimum Gasteiger partial charge on any atom is -0.147 e.